The van der Waals surface area contributed by atoms with E-state index in [9.17, 15) is 0 Å². The molecule has 0 nitrogen and oxygen atoms in total. The van der Waals surface area contributed by atoms with Crippen molar-refractivity contribution in [1.82, 2.24) is 0 Å². The second-order valence-corrected chi connectivity index (χ2v) is 10.5. The topological polar surface area (TPSA) is 0 Å². The number of rotatable bonds is 4. The number of allylic oxidation sites excluding steroid dienone is 1. The molecule has 0 N–H and O–H groups in total. The predicted octanol–water partition coefficient (Wildman–Crippen LogP) is 11.1. The van der Waals surface area contributed by atoms with E-state index in [4.69, 9.17) is 6.42 Å². The first-order valence-corrected chi connectivity index (χ1v) is 14.0. The molecular weight excluding hydrogens is 492 g/mol. The lowest BCUT2D eigenvalue weighted by atomic mass is 9.85. The maximum Gasteiger partial charge on any atom is -0.00262 e. The molecule has 0 radical (unpaired) electrons. The van der Waals surface area contributed by atoms with Gasteiger partial charge in [-0.1, -0.05) is 133 Å². The summed E-state index contributed by atoms with van der Waals surface area (Å²) in [6.45, 7) is 2.14. The summed E-state index contributed by atoms with van der Waals surface area (Å²) in [5.41, 5.74) is 9.80. The number of benzene rings is 7. The van der Waals surface area contributed by atoms with Crippen LogP contribution in [0, 0.1) is 19.3 Å². The Morgan fingerprint density at radius 2 is 1.10 bits per heavy atom. The van der Waals surface area contributed by atoms with E-state index in [0.717, 1.165) is 5.56 Å². The molecule has 0 bridgehead atoms. The third-order valence-electron chi connectivity index (χ3n) is 8.12. The van der Waals surface area contributed by atoms with E-state index in [1.807, 2.05) is 6.08 Å². The Balaban J connectivity index is 1.50. The van der Waals surface area contributed by atoms with Crippen LogP contribution in [0.5, 0.6) is 0 Å². The molecule has 7 aromatic rings. The Bertz CT molecular complexity index is 2100. The van der Waals surface area contributed by atoms with Crippen LogP contribution >= 0.6 is 0 Å². The fourth-order valence-electron chi connectivity index (χ4n) is 6.30. The van der Waals surface area contributed by atoms with E-state index in [2.05, 4.69) is 146 Å². The molecule has 0 saturated heterocycles. The minimum absolute atomic E-state index is 1.16. The highest BCUT2D eigenvalue weighted by molar-refractivity contribution is 6.21. The molecule has 0 aliphatic rings. The molecule has 0 saturated carbocycles. The Labute approximate surface area is 241 Å². The first kappa shape index (κ1) is 24.6. The molecule has 0 fully saturated rings. The fourth-order valence-corrected chi connectivity index (χ4v) is 6.30. The minimum Gasteiger partial charge on any atom is -0.115 e. The highest BCUT2D eigenvalue weighted by Gasteiger charge is 2.17. The third-order valence-corrected chi connectivity index (χ3v) is 8.12. The largest absolute Gasteiger partial charge is 0.115 e. The van der Waals surface area contributed by atoms with E-state index >= 15 is 0 Å². The van der Waals surface area contributed by atoms with Crippen molar-refractivity contribution in [3.05, 3.63) is 151 Å². The van der Waals surface area contributed by atoms with Crippen molar-refractivity contribution >= 4 is 38.4 Å². The summed E-state index contributed by atoms with van der Waals surface area (Å²) in [5, 5.41) is 7.51. The molecule has 0 aliphatic carbocycles. The van der Waals surface area contributed by atoms with Gasteiger partial charge in [-0.2, -0.15) is 0 Å². The van der Waals surface area contributed by atoms with Gasteiger partial charge in [0, 0.05) is 0 Å². The molecule has 0 unspecified atom stereocenters. The summed E-state index contributed by atoms with van der Waals surface area (Å²) in [4.78, 5) is 0. The lowest BCUT2D eigenvalue weighted by molar-refractivity contribution is 1.44. The van der Waals surface area contributed by atoms with Crippen molar-refractivity contribution in [2.75, 3.05) is 0 Å². The minimum atomic E-state index is 1.16. The van der Waals surface area contributed by atoms with Gasteiger partial charge in [-0.05, 0) is 102 Å². The van der Waals surface area contributed by atoms with Crippen LogP contribution in [0.3, 0.4) is 0 Å². The van der Waals surface area contributed by atoms with Crippen LogP contribution in [0.15, 0.2) is 140 Å². The molecule has 0 aromatic heterocycles. The standard InChI is InChI=1S/C41H28/c1-3-4-18-32-28(2)14-12-23-34(32)35-24-13-17-30-27-31(25-26-33(30)35)41-38-21-10-8-19-36(38)40(29-15-6-5-7-16-29)37-20-9-11-22-39(37)41/h1,4-27H,2H3/b18-4-. The van der Waals surface area contributed by atoms with Crippen LogP contribution in [0.4, 0.5) is 0 Å². The van der Waals surface area contributed by atoms with E-state index in [0.29, 0.717) is 0 Å². The van der Waals surface area contributed by atoms with Gasteiger partial charge >= 0.3 is 0 Å². The highest BCUT2D eigenvalue weighted by Crippen LogP contribution is 2.44. The molecule has 0 heterocycles. The summed E-state index contributed by atoms with van der Waals surface area (Å²) in [6, 6.07) is 48.3. The SMILES string of the molecule is C#C/C=C\c1c(C)cccc1-c1cccc2cc(-c3c4ccccc4c(-c4ccccc4)c4ccccc34)ccc12. The van der Waals surface area contributed by atoms with Crippen molar-refractivity contribution in [1.29, 1.82) is 0 Å². The monoisotopic (exact) mass is 520 g/mol. The summed E-state index contributed by atoms with van der Waals surface area (Å²) < 4.78 is 0. The molecule has 0 atom stereocenters. The van der Waals surface area contributed by atoms with E-state index in [1.165, 1.54) is 71.3 Å². The van der Waals surface area contributed by atoms with Crippen molar-refractivity contribution in [2.45, 2.75) is 6.92 Å². The number of hydrogen-bond acceptors (Lipinski definition) is 0. The zero-order chi connectivity index (χ0) is 27.8. The zero-order valence-electron chi connectivity index (χ0n) is 22.9. The maximum absolute atomic E-state index is 5.56. The summed E-state index contributed by atoms with van der Waals surface area (Å²) in [6.07, 6.45) is 9.39. The van der Waals surface area contributed by atoms with Crippen LogP contribution in [-0.2, 0) is 0 Å². The fraction of sp³-hybridized carbons (Fsp3) is 0.0244. The van der Waals surface area contributed by atoms with Crippen LogP contribution in [-0.4, -0.2) is 0 Å². The smallest absolute Gasteiger partial charge is 0.00262 e. The van der Waals surface area contributed by atoms with Gasteiger partial charge in [-0.25, -0.2) is 0 Å². The maximum atomic E-state index is 5.56. The van der Waals surface area contributed by atoms with Gasteiger partial charge < -0.3 is 0 Å². The third kappa shape index (κ3) is 4.20. The second kappa shape index (κ2) is 10.3. The van der Waals surface area contributed by atoms with Crippen molar-refractivity contribution < 1.29 is 0 Å². The van der Waals surface area contributed by atoms with Crippen LogP contribution in [0.2, 0.25) is 0 Å². The van der Waals surface area contributed by atoms with E-state index in [1.54, 1.807) is 6.08 Å². The van der Waals surface area contributed by atoms with Crippen molar-refractivity contribution in [2.24, 2.45) is 0 Å². The second-order valence-electron chi connectivity index (χ2n) is 10.5. The summed E-state index contributed by atoms with van der Waals surface area (Å²) >= 11 is 0. The zero-order valence-corrected chi connectivity index (χ0v) is 22.9. The first-order valence-electron chi connectivity index (χ1n) is 14.0. The van der Waals surface area contributed by atoms with Gasteiger partial charge in [-0.15, -0.1) is 6.42 Å². The molecule has 7 aromatic carbocycles. The molecule has 0 heteroatoms. The molecule has 0 spiro atoms. The van der Waals surface area contributed by atoms with Crippen LogP contribution in [0.1, 0.15) is 11.1 Å². The average molecular weight is 521 g/mol. The molecule has 41 heavy (non-hydrogen) atoms. The quantitative estimate of drug-likeness (QED) is 0.160. The van der Waals surface area contributed by atoms with Gasteiger partial charge in [0.05, 0.1) is 0 Å². The average Bonchev–Trinajstić information content (AvgIpc) is 3.02. The Kier molecular flexibility index (Phi) is 6.19. The Morgan fingerprint density at radius 3 is 1.76 bits per heavy atom. The summed E-state index contributed by atoms with van der Waals surface area (Å²) in [7, 11) is 0. The molecule has 0 aliphatic heterocycles. The van der Waals surface area contributed by atoms with Crippen molar-refractivity contribution in [3.63, 3.8) is 0 Å². The lowest BCUT2D eigenvalue weighted by Gasteiger charge is -2.18. The molecule has 7 rings (SSSR count). The van der Waals surface area contributed by atoms with Gasteiger partial charge in [0.2, 0.25) is 0 Å². The number of fused-ring (bicyclic) bond motifs is 3. The van der Waals surface area contributed by atoms with Gasteiger partial charge in [0.15, 0.2) is 0 Å². The molecular formula is C41H28. The Hall–Kier alpha value is -5.38. The normalized spacial score (nSPS) is 11.4. The Morgan fingerprint density at radius 1 is 0.512 bits per heavy atom. The first-order chi connectivity index (χ1) is 20.2. The predicted molar refractivity (Wildman–Crippen MR) is 178 cm³/mol. The van der Waals surface area contributed by atoms with Crippen LogP contribution < -0.4 is 0 Å². The van der Waals surface area contributed by atoms with E-state index in [-0.39, 0.29) is 0 Å². The highest BCUT2D eigenvalue weighted by atomic mass is 14.2. The van der Waals surface area contributed by atoms with Gasteiger partial charge in [0.1, 0.15) is 0 Å². The molecule has 0 amide bonds. The van der Waals surface area contributed by atoms with Crippen LogP contribution in [0.25, 0.3) is 71.8 Å². The number of aryl methyl sites for hydroxylation is 1. The van der Waals surface area contributed by atoms with E-state index < -0.39 is 0 Å². The van der Waals surface area contributed by atoms with Gasteiger partial charge in [0.25, 0.3) is 0 Å². The number of terminal acetylenes is 1. The molecule has 192 valence electrons. The van der Waals surface area contributed by atoms with Crippen molar-refractivity contribution in [3.8, 4) is 45.7 Å². The summed E-state index contributed by atoms with van der Waals surface area (Å²) in [5.74, 6) is 2.65. The number of hydrogen-bond donors (Lipinski definition) is 0. The lowest BCUT2D eigenvalue weighted by Crippen LogP contribution is -1.92. The van der Waals surface area contributed by atoms with Gasteiger partial charge in [-0.3, -0.25) is 0 Å².